The molecule has 2 rings (SSSR count). The Labute approximate surface area is 115 Å². The molecule has 0 radical (unpaired) electrons. The molecule has 0 aromatic heterocycles. The molecule has 1 heterocycles. The molecule has 1 saturated heterocycles. The van der Waals surface area contributed by atoms with E-state index in [0.29, 0.717) is 30.3 Å². The molecule has 1 aromatic rings. The van der Waals surface area contributed by atoms with Crippen LogP contribution in [0.25, 0.3) is 0 Å². The summed E-state index contributed by atoms with van der Waals surface area (Å²) in [6.07, 6.45) is -3.76. The van der Waals surface area contributed by atoms with Gasteiger partial charge in [0, 0.05) is 17.3 Å². The fourth-order valence-corrected chi connectivity index (χ4v) is 2.55. The Bertz CT molecular complexity index is 440. The van der Waals surface area contributed by atoms with E-state index in [-0.39, 0.29) is 12.8 Å². The van der Waals surface area contributed by atoms with Crippen LogP contribution in [-0.4, -0.2) is 24.2 Å². The maximum atomic E-state index is 12.6. The number of nitrogens with two attached hydrogens (primary N) is 1. The Balaban J connectivity index is 1.94. The van der Waals surface area contributed by atoms with Gasteiger partial charge in [0.25, 0.3) is 0 Å². The van der Waals surface area contributed by atoms with Crippen LogP contribution in [-0.2, 0) is 6.54 Å². The summed E-state index contributed by atoms with van der Waals surface area (Å²) in [5.41, 5.74) is 7.17. The van der Waals surface area contributed by atoms with Crippen LogP contribution in [0.5, 0.6) is 0 Å². The monoisotopic (exact) mass is 292 g/mol. The Kier molecular flexibility index (Phi) is 4.26. The standard InChI is InChI=1S/C13H16ClF3N2/c14-12-2-1-11(18)7-9(12)8-19-5-3-10(4-6-19)13(15,16)17/h1-2,7,10H,3-6,8,18H2. The van der Waals surface area contributed by atoms with Gasteiger partial charge in [-0.3, -0.25) is 4.90 Å². The molecule has 2 N–H and O–H groups in total. The second kappa shape index (κ2) is 5.59. The molecule has 6 heteroatoms. The number of benzene rings is 1. The number of halogens is 4. The molecule has 1 aromatic carbocycles. The lowest BCUT2D eigenvalue weighted by Crippen LogP contribution is -2.38. The highest BCUT2D eigenvalue weighted by Crippen LogP contribution is 2.34. The Hall–Kier alpha value is -0.940. The summed E-state index contributed by atoms with van der Waals surface area (Å²) in [4.78, 5) is 1.99. The lowest BCUT2D eigenvalue weighted by atomic mass is 9.96. The molecule has 0 aliphatic carbocycles. The first kappa shape index (κ1) is 14.5. The van der Waals surface area contributed by atoms with Crippen LogP contribution in [0, 0.1) is 5.92 Å². The third-order valence-corrected chi connectivity index (χ3v) is 3.88. The molecular formula is C13H16ClF3N2. The number of alkyl halides is 3. The fraction of sp³-hybridized carbons (Fsp3) is 0.538. The first-order valence-corrected chi connectivity index (χ1v) is 6.57. The number of hydrogen-bond acceptors (Lipinski definition) is 2. The molecule has 19 heavy (non-hydrogen) atoms. The zero-order valence-corrected chi connectivity index (χ0v) is 11.1. The van der Waals surface area contributed by atoms with Gasteiger partial charge in [-0.2, -0.15) is 13.2 Å². The molecule has 0 bridgehead atoms. The summed E-state index contributed by atoms with van der Waals surface area (Å²) in [5, 5.41) is 0.604. The minimum Gasteiger partial charge on any atom is -0.399 e. The predicted octanol–water partition coefficient (Wildman–Crippen LogP) is 3.70. The van der Waals surface area contributed by atoms with Crippen molar-refractivity contribution < 1.29 is 13.2 Å². The van der Waals surface area contributed by atoms with Gasteiger partial charge in [0.05, 0.1) is 5.92 Å². The van der Waals surface area contributed by atoms with Crippen molar-refractivity contribution in [2.75, 3.05) is 18.8 Å². The molecule has 1 aliphatic heterocycles. The Morgan fingerprint density at radius 2 is 1.89 bits per heavy atom. The molecule has 106 valence electrons. The van der Waals surface area contributed by atoms with E-state index in [0.717, 1.165) is 5.56 Å². The quantitative estimate of drug-likeness (QED) is 0.842. The van der Waals surface area contributed by atoms with Gasteiger partial charge < -0.3 is 5.73 Å². The average Bonchev–Trinajstić information content (AvgIpc) is 2.33. The number of likely N-dealkylation sites (tertiary alicyclic amines) is 1. The zero-order valence-electron chi connectivity index (χ0n) is 10.4. The summed E-state index contributed by atoms with van der Waals surface area (Å²) < 4.78 is 37.7. The summed E-state index contributed by atoms with van der Waals surface area (Å²) in [7, 11) is 0. The van der Waals surface area contributed by atoms with Crippen LogP contribution in [0.1, 0.15) is 18.4 Å². The number of rotatable bonds is 2. The van der Waals surface area contributed by atoms with Crippen LogP contribution in [0.3, 0.4) is 0 Å². The first-order chi connectivity index (χ1) is 8.86. The summed E-state index contributed by atoms with van der Waals surface area (Å²) in [6, 6.07) is 5.20. The van der Waals surface area contributed by atoms with Crippen LogP contribution in [0.4, 0.5) is 18.9 Å². The van der Waals surface area contributed by atoms with Crippen LogP contribution < -0.4 is 5.73 Å². The van der Waals surface area contributed by atoms with E-state index in [1.165, 1.54) is 0 Å². The number of hydrogen-bond donors (Lipinski definition) is 1. The summed E-state index contributed by atoms with van der Waals surface area (Å²) in [5.74, 6) is -1.17. The van der Waals surface area contributed by atoms with Crippen molar-refractivity contribution in [3.05, 3.63) is 28.8 Å². The van der Waals surface area contributed by atoms with E-state index in [1.54, 1.807) is 18.2 Å². The van der Waals surface area contributed by atoms with Gasteiger partial charge in [-0.1, -0.05) is 11.6 Å². The lowest BCUT2D eigenvalue weighted by molar-refractivity contribution is -0.185. The molecule has 2 nitrogen and oxygen atoms in total. The zero-order chi connectivity index (χ0) is 14.0. The van der Waals surface area contributed by atoms with Crippen molar-refractivity contribution in [2.45, 2.75) is 25.6 Å². The van der Waals surface area contributed by atoms with Crippen LogP contribution in [0.15, 0.2) is 18.2 Å². The van der Waals surface area contributed by atoms with E-state index in [9.17, 15) is 13.2 Å². The smallest absolute Gasteiger partial charge is 0.391 e. The Morgan fingerprint density at radius 3 is 2.47 bits per heavy atom. The minimum atomic E-state index is -4.07. The van der Waals surface area contributed by atoms with Gasteiger partial charge in [-0.25, -0.2) is 0 Å². The van der Waals surface area contributed by atoms with Crippen molar-refractivity contribution >= 4 is 17.3 Å². The van der Waals surface area contributed by atoms with Crippen molar-refractivity contribution in [1.29, 1.82) is 0 Å². The van der Waals surface area contributed by atoms with Crippen LogP contribution >= 0.6 is 11.6 Å². The number of nitrogen functional groups attached to an aromatic ring is 1. The second-order valence-corrected chi connectivity index (χ2v) is 5.35. The largest absolute Gasteiger partial charge is 0.399 e. The van der Waals surface area contributed by atoms with Crippen molar-refractivity contribution in [2.24, 2.45) is 5.92 Å². The first-order valence-electron chi connectivity index (χ1n) is 6.19. The predicted molar refractivity (Wildman–Crippen MR) is 69.9 cm³/mol. The third-order valence-electron chi connectivity index (χ3n) is 3.51. The van der Waals surface area contributed by atoms with Crippen LogP contribution in [0.2, 0.25) is 5.02 Å². The molecule has 0 atom stereocenters. The van der Waals surface area contributed by atoms with Gasteiger partial charge in [0.1, 0.15) is 0 Å². The normalized spacial score (nSPS) is 18.7. The van der Waals surface area contributed by atoms with E-state index >= 15 is 0 Å². The molecule has 1 aliphatic rings. The molecule has 0 saturated carbocycles. The maximum Gasteiger partial charge on any atom is 0.391 e. The topological polar surface area (TPSA) is 29.3 Å². The van der Waals surface area contributed by atoms with E-state index < -0.39 is 12.1 Å². The molecule has 0 amide bonds. The van der Waals surface area contributed by atoms with E-state index in [4.69, 9.17) is 17.3 Å². The van der Waals surface area contributed by atoms with Gasteiger partial charge >= 0.3 is 6.18 Å². The highest BCUT2D eigenvalue weighted by molar-refractivity contribution is 6.31. The summed E-state index contributed by atoms with van der Waals surface area (Å²) >= 11 is 6.05. The van der Waals surface area contributed by atoms with E-state index in [1.807, 2.05) is 4.90 Å². The SMILES string of the molecule is Nc1ccc(Cl)c(CN2CCC(C(F)(F)F)CC2)c1. The highest BCUT2D eigenvalue weighted by atomic mass is 35.5. The highest BCUT2D eigenvalue weighted by Gasteiger charge is 2.40. The number of anilines is 1. The molecule has 0 unspecified atom stereocenters. The fourth-order valence-electron chi connectivity index (χ4n) is 2.38. The third kappa shape index (κ3) is 3.76. The Morgan fingerprint density at radius 1 is 1.26 bits per heavy atom. The molecule has 0 spiro atoms. The molecular weight excluding hydrogens is 277 g/mol. The van der Waals surface area contributed by atoms with Gasteiger partial charge in [-0.05, 0) is 49.7 Å². The minimum absolute atomic E-state index is 0.156. The van der Waals surface area contributed by atoms with Gasteiger partial charge in [0.2, 0.25) is 0 Å². The van der Waals surface area contributed by atoms with Crippen molar-refractivity contribution in [1.82, 2.24) is 4.90 Å². The van der Waals surface area contributed by atoms with Gasteiger partial charge in [-0.15, -0.1) is 0 Å². The number of piperidine rings is 1. The van der Waals surface area contributed by atoms with Crippen molar-refractivity contribution in [3.8, 4) is 0 Å². The average molecular weight is 293 g/mol. The maximum absolute atomic E-state index is 12.6. The van der Waals surface area contributed by atoms with E-state index in [2.05, 4.69) is 0 Å². The van der Waals surface area contributed by atoms with Crippen molar-refractivity contribution in [3.63, 3.8) is 0 Å². The molecule has 1 fully saturated rings. The lowest BCUT2D eigenvalue weighted by Gasteiger charge is -2.33. The second-order valence-electron chi connectivity index (χ2n) is 4.94. The summed E-state index contributed by atoms with van der Waals surface area (Å²) in [6.45, 7) is 1.43. The van der Waals surface area contributed by atoms with Gasteiger partial charge in [0.15, 0.2) is 0 Å². The number of nitrogens with zero attached hydrogens (tertiary/aromatic N) is 1.